The Morgan fingerprint density at radius 2 is 0.644 bits per heavy atom. The maximum atomic E-state index is 3.76. The minimum absolute atomic E-state index is 0.831. The SMILES string of the molecule is CCCCC1CC(C)CC(CCCC)C1N(C1CCC(/C=C/C2CCC(C)CC2)CC1)C1CCC2C3C4CCCCC4C(N(C4CCC(/C=C/C5CCC(C)CC5)CC4)C4C(CCCC)CC(C)CC4CCCC)C4CCCC(C5C6CCCCC6CC1C25)C43. The van der Waals surface area contributed by atoms with E-state index < -0.39 is 0 Å². The molecule has 18 atom stereocenters. The molecule has 0 bridgehead atoms. The lowest BCUT2D eigenvalue weighted by Crippen LogP contribution is -2.71. The molecule has 13 aliphatic carbocycles. The maximum Gasteiger partial charge on any atom is 0.0163 e. The van der Waals surface area contributed by atoms with Crippen LogP contribution in [0.15, 0.2) is 24.3 Å². The minimum Gasteiger partial charge on any atom is -0.294 e. The number of hydrogen-bond donors (Lipinski definition) is 0. The van der Waals surface area contributed by atoms with Gasteiger partial charge in [0.2, 0.25) is 0 Å². The highest BCUT2D eigenvalue weighted by molar-refractivity contribution is 5.19. The van der Waals surface area contributed by atoms with E-state index in [-0.39, 0.29) is 0 Å². The van der Waals surface area contributed by atoms with E-state index in [1.54, 1.807) is 89.9 Å². The van der Waals surface area contributed by atoms with Gasteiger partial charge < -0.3 is 0 Å². The van der Waals surface area contributed by atoms with E-state index in [1.165, 1.54) is 205 Å². The first kappa shape index (κ1) is 67.9. The van der Waals surface area contributed by atoms with Gasteiger partial charge in [-0.2, -0.15) is 0 Å². The molecule has 0 aliphatic heterocycles. The maximum absolute atomic E-state index is 3.76. The topological polar surface area (TPSA) is 6.48 Å². The highest BCUT2D eigenvalue weighted by atomic mass is 15.3. The van der Waals surface area contributed by atoms with Crippen LogP contribution in [-0.4, -0.2) is 46.1 Å². The van der Waals surface area contributed by atoms with E-state index in [4.69, 9.17) is 0 Å². The summed E-state index contributed by atoms with van der Waals surface area (Å²) in [6.45, 7) is 20.6. The molecular weight excluding hydrogens is 1080 g/mol. The molecule has 13 rings (SSSR count). The van der Waals surface area contributed by atoms with Crippen LogP contribution in [0.25, 0.3) is 0 Å². The van der Waals surface area contributed by atoms with Crippen molar-refractivity contribution in [3.63, 3.8) is 0 Å². The van der Waals surface area contributed by atoms with Crippen molar-refractivity contribution >= 4 is 0 Å². The molecule has 13 saturated carbocycles. The van der Waals surface area contributed by atoms with Crippen molar-refractivity contribution in [1.82, 2.24) is 9.80 Å². The van der Waals surface area contributed by atoms with Crippen LogP contribution in [0.3, 0.4) is 0 Å². The summed E-state index contributed by atoms with van der Waals surface area (Å²) >= 11 is 0. The lowest BCUT2D eigenvalue weighted by atomic mass is 9.35. The number of allylic oxidation sites excluding steroid dienone is 4. The van der Waals surface area contributed by atoms with Crippen molar-refractivity contribution in [2.24, 2.45) is 142 Å². The second-order valence-electron chi connectivity index (χ2n) is 37.7. The lowest BCUT2D eigenvalue weighted by molar-refractivity contribution is -0.239. The fraction of sp³-hybridized carbons (Fsp3) is 0.955. The molecule has 0 aromatic carbocycles. The summed E-state index contributed by atoms with van der Waals surface area (Å²) in [5.41, 5.74) is 0. The van der Waals surface area contributed by atoms with Crippen LogP contribution < -0.4 is 0 Å². The summed E-state index contributed by atoms with van der Waals surface area (Å²) in [5.74, 6) is 23.0. The summed E-state index contributed by atoms with van der Waals surface area (Å²) in [6.07, 6.45) is 80.8. The zero-order chi connectivity index (χ0) is 61.8. The summed E-state index contributed by atoms with van der Waals surface area (Å²) in [6, 6.07) is 5.10. The van der Waals surface area contributed by atoms with Gasteiger partial charge in [0, 0.05) is 36.3 Å². The Labute approximate surface area is 560 Å². The van der Waals surface area contributed by atoms with E-state index in [0.717, 1.165) is 178 Å². The van der Waals surface area contributed by atoms with Crippen molar-refractivity contribution in [3.05, 3.63) is 24.3 Å². The molecule has 0 amide bonds. The van der Waals surface area contributed by atoms with E-state index in [1.807, 2.05) is 0 Å². The van der Waals surface area contributed by atoms with E-state index in [0.29, 0.717) is 0 Å². The monoisotopic (exact) mass is 1240 g/mol. The third-order valence-electron chi connectivity index (χ3n) is 32.1. The van der Waals surface area contributed by atoms with Gasteiger partial charge in [-0.3, -0.25) is 9.80 Å². The Balaban J connectivity index is 0.863. The van der Waals surface area contributed by atoms with Crippen LogP contribution in [0.1, 0.15) is 351 Å². The fourth-order valence-corrected chi connectivity index (χ4v) is 28.5. The van der Waals surface area contributed by atoms with Gasteiger partial charge in [0.15, 0.2) is 0 Å². The highest BCUT2D eigenvalue weighted by Gasteiger charge is 2.68. The Hall–Kier alpha value is -0.600. The molecule has 18 unspecified atom stereocenters. The van der Waals surface area contributed by atoms with Crippen molar-refractivity contribution < 1.29 is 0 Å². The molecule has 90 heavy (non-hydrogen) atoms. The van der Waals surface area contributed by atoms with Crippen LogP contribution in [-0.2, 0) is 0 Å². The molecule has 2 heteroatoms. The van der Waals surface area contributed by atoms with Gasteiger partial charge in [0.05, 0.1) is 0 Å². The average molecular weight is 1240 g/mol. The highest BCUT2D eigenvalue weighted by Crippen LogP contribution is 2.72. The van der Waals surface area contributed by atoms with Crippen LogP contribution in [0.2, 0.25) is 0 Å². The van der Waals surface area contributed by atoms with E-state index >= 15 is 0 Å². The predicted octanol–water partition coefficient (Wildman–Crippen LogP) is 25.0. The van der Waals surface area contributed by atoms with Gasteiger partial charge >= 0.3 is 0 Å². The molecule has 512 valence electrons. The van der Waals surface area contributed by atoms with Crippen molar-refractivity contribution in [2.75, 3.05) is 0 Å². The van der Waals surface area contributed by atoms with E-state index in [2.05, 4.69) is 89.5 Å². The first-order valence-electron chi connectivity index (χ1n) is 43.0. The third kappa shape index (κ3) is 14.7. The molecule has 13 aliphatic rings. The molecule has 0 spiro atoms. The molecule has 0 heterocycles. The zero-order valence-corrected chi connectivity index (χ0v) is 61.1. The summed E-state index contributed by atoms with van der Waals surface area (Å²) in [7, 11) is 0. The van der Waals surface area contributed by atoms with Gasteiger partial charge in [-0.25, -0.2) is 0 Å². The van der Waals surface area contributed by atoms with Gasteiger partial charge in [-0.05, 0) is 322 Å². The zero-order valence-electron chi connectivity index (χ0n) is 61.1. The number of fused-ring (bicyclic) bond motifs is 6. The normalized spacial score (nSPS) is 48.2. The Morgan fingerprint density at radius 1 is 0.278 bits per heavy atom. The van der Waals surface area contributed by atoms with Crippen molar-refractivity contribution in [1.29, 1.82) is 0 Å². The molecule has 0 aromatic heterocycles. The molecule has 0 saturated heterocycles. The number of hydrogen-bond acceptors (Lipinski definition) is 2. The van der Waals surface area contributed by atoms with Crippen molar-refractivity contribution in [3.8, 4) is 0 Å². The van der Waals surface area contributed by atoms with Gasteiger partial charge in [-0.1, -0.05) is 195 Å². The second-order valence-corrected chi connectivity index (χ2v) is 37.7. The first-order valence-corrected chi connectivity index (χ1v) is 43.0. The molecule has 13 fully saturated rings. The summed E-state index contributed by atoms with van der Waals surface area (Å²) in [4.78, 5) is 7.45. The smallest absolute Gasteiger partial charge is 0.0163 e. The largest absolute Gasteiger partial charge is 0.294 e. The summed E-state index contributed by atoms with van der Waals surface area (Å²) < 4.78 is 0. The van der Waals surface area contributed by atoms with Crippen LogP contribution in [0.5, 0.6) is 0 Å². The first-order chi connectivity index (χ1) is 44.1. The Morgan fingerprint density at radius 3 is 1.13 bits per heavy atom. The Kier molecular flexibility index (Phi) is 24.1. The molecule has 0 N–H and O–H groups in total. The number of rotatable bonds is 22. The number of unbranched alkanes of at least 4 members (excludes halogenated alkanes) is 4. The number of nitrogens with zero attached hydrogens (tertiary/aromatic N) is 2. The van der Waals surface area contributed by atoms with Crippen molar-refractivity contribution in [2.45, 2.75) is 387 Å². The molecular formula is C88H150N2. The summed E-state index contributed by atoms with van der Waals surface area (Å²) in [5, 5.41) is 0. The fourth-order valence-electron chi connectivity index (χ4n) is 28.5. The van der Waals surface area contributed by atoms with Gasteiger partial charge in [0.25, 0.3) is 0 Å². The van der Waals surface area contributed by atoms with Gasteiger partial charge in [-0.15, -0.1) is 0 Å². The standard InChI is InChI=1S/C88H150N2/c1-9-13-22-68-54-61(7)55-69(23-14-10-2)86(68)89(72-48-44-65(45-49-72)42-40-63-36-32-59(5)33-37-63)81-53-52-78-83-75-28-19-20-29-76(75)88(79-31-21-30-77(84(79)83)82-74-27-18-17-26-67(74)58-80(81)85(78)82)90(87-70(24-15-11-3)56-62(8)57-71(87)25-16-12-4)73-50-46-66(47-51-73)43-41-64-38-34-60(6)35-39-64/h40-43,59-88H,9-39,44-58H2,1-8H3/b42-40+,43-41+. The predicted molar refractivity (Wildman–Crippen MR) is 386 cm³/mol. The average Bonchev–Trinajstić information content (AvgIpc) is 0.690. The van der Waals surface area contributed by atoms with Crippen LogP contribution >= 0.6 is 0 Å². The van der Waals surface area contributed by atoms with E-state index in [9.17, 15) is 0 Å². The quantitative estimate of drug-likeness (QED) is 0.0997. The van der Waals surface area contributed by atoms with Gasteiger partial charge in [0.1, 0.15) is 0 Å². The molecule has 0 radical (unpaired) electrons. The molecule has 0 aromatic rings. The lowest BCUT2D eigenvalue weighted by Gasteiger charge is -2.72. The van der Waals surface area contributed by atoms with Crippen LogP contribution in [0, 0.1) is 142 Å². The second kappa shape index (κ2) is 31.9. The third-order valence-corrected chi connectivity index (χ3v) is 32.1. The molecule has 2 nitrogen and oxygen atoms in total. The minimum atomic E-state index is 0.831. The van der Waals surface area contributed by atoms with Crippen LogP contribution in [0.4, 0.5) is 0 Å². The Bertz CT molecular complexity index is 2130.